The number of hydrogen-bond acceptors (Lipinski definition) is 3. The van der Waals surface area contributed by atoms with Gasteiger partial charge >= 0.3 is 0 Å². The van der Waals surface area contributed by atoms with Crippen molar-refractivity contribution >= 4 is 29.7 Å². The monoisotopic (exact) mass is 348 g/mol. The Morgan fingerprint density at radius 3 is 2.58 bits per heavy atom. The third kappa shape index (κ3) is 6.13. The zero-order valence-corrected chi connectivity index (χ0v) is 14.8. The van der Waals surface area contributed by atoms with E-state index in [9.17, 15) is 4.79 Å². The third-order valence-electron chi connectivity index (χ3n) is 3.59. The van der Waals surface area contributed by atoms with Gasteiger partial charge in [-0.2, -0.15) is 0 Å². The van der Waals surface area contributed by atoms with Crippen molar-refractivity contribution in [2.45, 2.75) is 32.6 Å². The Bertz CT molecular complexity index is 647. The number of amides is 1. The Morgan fingerprint density at radius 2 is 1.83 bits per heavy atom. The lowest BCUT2D eigenvalue weighted by atomic mass is 10.1. The minimum Gasteiger partial charge on any atom is -0.491 e. The molecule has 2 aromatic rings. The van der Waals surface area contributed by atoms with Crippen molar-refractivity contribution in [1.82, 2.24) is 0 Å². The molecule has 5 heteroatoms. The molecule has 2 rings (SSSR count). The second kappa shape index (κ2) is 10.6. The van der Waals surface area contributed by atoms with E-state index in [-0.39, 0.29) is 18.3 Å². The summed E-state index contributed by atoms with van der Waals surface area (Å²) in [7, 11) is 0. The number of hydrogen-bond donors (Lipinski definition) is 2. The summed E-state index contributed by atoms with van der Waals surface area (Å²) in [5, 5.41) is 2.92. The normalized spacial score (nSPS) is 9.88. The number of nitrogens with one attached hydrogen (secondary N) is 1. The van der Waals surface area contributed by atoms with Crippen LogP contribution in [-0.2, 0) is 11.2 Å². The highest BCUT2D eigenvalue weighted by atomic mass is 35.5. The van der Waals surface area contributed by atoms with Gasteiger partial charge in [-0.1, -0.05) is 43.7 Å². The third-order valence-corrected chi connectivity index (χ3v) is 3.59. The van der Waals surface area contributed by atoms with Gasteiger partial charge in [-0.25, -0.2) is 0 Å². The maximum atomic E-state index is 12.2. The van der Waals surface area contributed by atoms with Crippen molar-refractivity contribution in [3.63, 3.8) is 0 Å². The van der Waals surface area contributed by atoms with Crippen LogP contribution >= 0.6 is 12.4 Å². The smallest absolute Gasteiger partial charge is 0.224 e. The summed E-state index contributed by atoms with van der Waals surface area (Å²) in [6.45, 7) is 2.77. The van der Waals surface area contributed by atoms with Crippen molar-refractivity contribution in [1.29, 1.82) is 0 Å². The van der Waals surface area contributed by atoms with Gasteiger partial charge in [0, 0.05) is 12.1 Å². The van der Waals surface area contributed by atoms with Gasteiger partial charge in [-0.05, 0) is 36.6 Å². The molecule has 1 amide bonds. The number of anilines is 2. The topological polar surface area (TPSA) is 64.3 Å². The molecule has 0 bridgehead atoms. The zero-order valence-electron chi connectivity index (χ0n) is 14.0. The molecule has 0 aliphatic rings. The number of carbonyl (C=O) groups excluding carboxylic acids is 1. The van der Waals surface area contributed by atoms with E-state index in [0.717, 1.165) is 29.8 Å². The second-order valence-electron chi connectivity index (χ2n) is 5.45. The number of benzene rings is 2. The van der Waals surface area contributed by atoms with E-state index >= 15 is 0 Å². The molecule has 0 fully saturated rings. The van der Waals surface area contributed by atoms with Crippen molar-refractivity contribution in [2.24, 2.45) is 0 Å². The molecule has 3 N–H and O–H groups in total. The average molecular weight is 349 g/mol. The van der Waals surface area contributed by atoms with Gasteiger partial charge in [0.25, 0.3) is 0 Å². The first-order valence-electron chi connectivity index (χ1n) is 8.05. The van der Waals surface area contributed by atoms with Gasteiger partial charge in [-0.15, -0.1) is 12.4 Å². The molecular weight excluding hydrogens is 324 g/mol. The van der Waals surface area contributed by atoms with Crippen molar-refractivity contribution in [3.8, 4) is 5.75 Å². The Labute approximate surface area is 149 Å². The molecule has 0 aliphatic heterocycles. The van der Waals surface area contributed by atoms with Gasteiger partial charge in [0.15, 0.2) is 0 Å². The lowest BCUT2D eigenvalue weighted by Crippen LogP contribution is -2.14. The first kappa shape index (κ1) is 19.8. The minimum absolute atomic E-state index is 0. The SMILES string of the molecule is CCCCOc1ccccc1NC(=O)CCc1ccccc1N.Cl. The predicted molar refractivity (Wildman–Crippen MR) is 102 cm³/mol. The quantitative estimate of drug-likeness (QED) is 0.547. The molecule has 0 radical (unpaired) electrons. The number of aryl methyl sites for hydroxylation is 1. The Hall–Kier alpha value is -2.20. The van der Waals surface area contributed by atoms with Crippen LogP contribution in [0.5, 0.6) is 5.75 Å². The predicted octanol–water partition coefficient (Wildman–Crippen LogP) is 4.44. The number of ether oxygens (including phenoxy) is 1. The molecule has 0 unspecified atom stereocenters. The van der Waals surface area contributed by atoms with Crippen LogP contribution in [0.2, 0.25) is 0 Å². The number of carbonyl (C=O) groups is 1. The highest BCUT2D eigenvalue weighted by molar-refractivity contribution is 5.92. The molecule has 0 saturated carbocycles. The van der Waals surface area contributed by atoms with Crippen LogP contribution < -0.4 is 15.8 Å². The summed E-state index contributed by atoms with van der Waals surface area (Å²) in [6, 6.07) is 15.1. The Balaban J connectivity index is 0.00000288. The molecule has 2 aromatic carbocycles. The van der Waals surface area contributed by atoms with Gasteiger partial charge in [0.2, 0.25) is 5.91 Å². The minimum atomic E-state index is -0.0419. The van der Waals surface area contributed by atoms with Gasteiger partial charge < -0.3 is 15.8 Å². The Morgan fingerprint density at radius 1 is 1.12 bits per heavy atom. The van der Waals surface area contributed by atoms with E-state index in [1.54, 1.807) is 0 Å². The van der Waals surface area contributed by atoms with Crippen LogP contribution in [0.1, 0.15) is 31.7 Å². The van der Waals surface area contributed by atoms with Crippen LogP contribution in [-0.4, -0.2) is 12.5 Å². The summed E-state index contributed by atoms with van der Waals surface area (Å²) in [4.78, 5) is 12.2. The molecule has 0 spiro atoms. The first-order valence-corrected chi connectivity index (χ1v) is 8.05. The number of nitrogens with two attached hydrogens (primary N) is 1. The summed E-state index contributed by atoms with van der Waals surface area (Å²) >= 11 is 0. The van der Waals surface area contributed by atoms with Crippen LogP contribution in [0.15, 0.2) is 48.5 Å². The molecule has 0 heterocycles. The number of para-hydroxylation sites is 3. The fraction of sp³-hybridized carbons (Fsp3) is 0.316. The van der Waals surface area contributed by atoms with Crippen LogP contribution in [0.4, 0.5) is 11.4 Å². The standard InChI is InChI=1S/C19H24N2O2.ClH/c1-2-3-14-23-18-11-7-6-10-17(18)21-19(22)13-12-15-8-4-5-9-16(15)20;/h4-11H,2-3,12-14,20H2,1H3,(H,21,22);1H. The van der Waals surface area contributed by atoms with E-state index in [1.807, 2.05) is 48.5 Å². The molecule has 4 nitrogen and oxygen atoms in total. The number of rotatable bonds is 8. The van der Waals surface area contributed by atoms with E-state index in [1.165, 1.54) is 0 Å². The molecule has 0 saturated heterocycles. The molecular formula is C19H25ClN2O2. The zero-order chi connectivity index (χ0) is 16.5. The molecule has 24 heavy (non-hydrogen) atoms. The number of halogens is 1. The van der Waals surface area contributed by atoms with Crippen LogP contribution in [0.25, 0.3) is 0 Å². The van der Waals surface area contributed by atoms with Crippen molar-refractivity contribution < 1.29 is 9.53 Å². The fourth-order valence-electron chi connectivity index (χ4n) is 2.25. The summed E-state index contributed by atoms with van der Waals surface area (Å²) < 4.78 is 5.73. The van der Waals surface area contributed by atoms with Crippen LogP contribution in [0, 0.1) is 0 Å². The molecule has 130 valence electrons. The first-order chi connectivity index (χ1) is 11.2. The number of unbranched alkanes of at least 4 members (excludes halogenated alkanes) is 1. The largest absolute Gasteiger partial charge is 0.491 e. The van der Waals surface area contributed by atoms with Crippen molar-refractivity contribution in [3.05, 3.63) is 54.1 Å². The van der Waals surface area contributed by atoms with Crippen molar-refractivity contribution in [2.75, 3.05) is 17.7 Å². The number of nitrogen functional groups attached to an aromatic ring is 1. The fourth-order valence-corrected chi connectivity index (χ4v) is 2.25. The van der Waals surface area contributed by atoms with Gasteiger partial charge in [0.05, 0.1) is 12.3 Å². The lowest BCUT2D eigenvalue weighted by Gasteiger charge is -2.12. The molecule has 0 atom stereocenters. The van der Waals surface area contributed by atoms with Crippen LogP contribution in [0.3, 0.4) is 0 Å². The van der Waals surface area contributed by atoms with E-state index < -0.39 is 0 Å². The summed E-state index contributed by atoms with van der Waals surface area (Å²) in [5.74, 6) is 0.674. The van der Waals surface area contributed by atoms with Gasteiger partial charge in [-0.3, -0.25) is 4.79 Å². The van der Waals surface area contributed by atoms with Gasteiger partial charge in [0.1, 0.15) is 5.75 Å². The highest BCUT2D eigenvalue weighted by Crippen LogP contribution is 2.24. The van der Waals surface area contributed by atoms with E-state index in [0.29, 0.717) is 25.2 Å². The molecule has 0 aromatic heterocycles. The average Bonchev–Trinajstić information content (AvgIpc) is 2.56. The second-order valence-corrected chi connectivity index (χ2v) is 5.45. The highest BCUT2D eigenvalue weighted by Gasteiger charge is 2.08. The van der Waals surface area contributed by atoms with E-state index in [4.69, 9.17) is 10.5 Å². The van der Waals surface area contributed by atoms with E-state index in [2.05, 4.69) is 12.2 Å². The maximum absolute atomic E-state index is 12.2. The Kier molecular flexibility index (Phi) is 8.72. The maximum Gasteiger partial charge on any atom is 0.224 e. The molecule has 0 aliphatic carbocycles. The lowest BCUT2D eigenvalue weighted by molar-refractivity contribution is -0.116. The summed E-state index contributed by atoms with van der Waals surface area (Å²) in [6.07, 6.45) is 3.08. The summed E-state index contributed by atoms with van der Waals surface area (Å²) in [5.41, 5.74) is 8.34.